The van der Waals surface area contributed by atoms with Gasteiger partial charge >= 0.3 is 0 Å². The number of methoxy groups -OCH3 is 1. The molecular weight excluding hydrogens is 220 g/mol. The van der Waals surface area contributed by atoms with Gasteiger partial charge in [0, 0.05) is 27.4 Å². The van der Waals surface area contributed by atoms with E-state index in [4.69, 9.17) is 9.26 Å². The molecule has 0 atom stereocenters. The molecule has 2 heterocycles. The fourth-order valence-electron chi connectivity index (χ4n) is 1.35. The van der Waals surface area contributed by atoms with Crippen molar-refractivity contribution in [2.75, 3.05) is 26.1 Å². The minimum Gasteiger partial charge on any atom is -0.377 e. The average molecular weight is 234 g/mol. The molecule has 0 radical (unpaired) electrons. The molecule has 2 aromatic heterocycles. The Balaban J connectivity index is 2.28. The van der Waals surface area contributed by atoms with Crippen LogP contribution in [0.4, 0.5) is 5.69 Å². The van der Waals surface area contributed by atoms with Crippen LogP contribution in [-0.2, 0) is 11.3 Å². The predicted octanol–water partition coefficient (Wildman–Crippen LogP) is 1.34. The van der Waals surface area contributed by atoms with Crippen molar-refractivity contribution in [3.05, 3.63) is 24.3 Å². The first-order valence-corrected chi connectivity index (χ1v) is 5.15. The zero-order valence-electron chi connectivity index (χ0n) is 10.0. The third-order valence-corrected chi connectivity index (χ3v) is 2.23. The van der Waals surface area contributed by atoms with Crippen LogP contribution in [0.2, 0.25) is 0 Å². The van der Waals surface area contributed by atoms with Crippen molar-refractivity contribution in [3.8, 4) is 11.5 Å². The van der Waals surface area contributed by atoms with E-state index < -0.39 is 0 Å². The number of hydrogen-bond donors (Lipinski definition) is 0. The van der Waals surface area contributed by atoms with Crippen LogP contribution in [0.1, 0.15) is 5.82 Å². The summed E-state index contributed by atoms with van der Waals surface area (Å²) >= 11 is 0. The Labute approximate surface area is 99.2 Å². The lowest BCUT2D eigenvalue weighted by Gasteiger charge is -2.11. The van der Waals surface area contributed by atoms with E-state index in [0.717, 1.165) is 11.3 Å². The largest absolute Gasteiger partial charge is 0.377 e. The average Bonchev–Trinajstić information content (AvgIpc) is 2.78. The van der Waals surface area contributed by atoms with Crippen molar-refractivity contribution in [1.29, 1.82) is 0 Å². The Kier molecular flexibility index (Phi) is 3.34. The Morgan fingerprint density at radius 1 is 1.35 bits per heavy atom. The van der Waals surface area contributed by atoms with Crippen LogP contribution in [0, 0.1) is 0 Å². The zero-order valence-corrected chi connectivity index (χ0v) is 10.0. The topological polar surface area (TPSA) is 64.3 Å². The van der Waals surface area contributed by atoms with Crippen molar-refractivity contribution >= 4 is 5.69 Å². The fraction of sp³-hybridized carbons (Fsp3) is 0.364. The summed E-state index contributed by atoms with van der Waals surface area (Å²) in [5.41, 5.74) is 1.78. The second-order valence-corrected chi connectivity index (χ2v) is 3.78. The summed E-state index contributed by atoms with van der Waals surface area (Å²) in [7, 11) is 5.49. The van der Waals surface area contributed by atoms with Crippen LogP contribution in [-0.4, -0.2) is 36.3 Å². The maximum atomic E-state index is 5.14. The first kappa shape index (κ1) is 11.5. The van der Waals surface area contributed by atoms with Gasteiger partial charge in [0.15, 0.2) is 5.82 Å². The highest BCUT2D eigenvalue weighted by molar-refractivity contribution is 5.59. The highest BCUT2D eigenvalue weighted by Gasteiger charge is 2.10. The minimum atomic E-state index is 0.338. The van der Waals surface area contributed by atoms with E-state index in [1.807, 2.05) is 25.1 Å². The molecule has 6 nitrogen and oxygen atoms in total. The van der Waals surface area contributed by atoms with Gasteiger partial charge in [-0.1, -0.05) is 5.16 Å². The number of pyridine rings is 1. The standard InChI is InChI=1S/C11H14N4O2/c1-15(2)9-4-8(5-12-6-9)11-13-10(7-16-3)14-17-11/h4-6H,7H2,1-3H3. The Morgan fingerprint density at radius 2 is 2.18 bits per heavy atom. The number of anilines is 1. The van der Waals surface area contributed by atoms with Gasteiger partial charge in [-0.15, -0.1) is 0 Å². The van der Waals surface area contributed by atoms with Crippen LogP contribution in [0.25, 0.3) is 11.5 Å². The van der Waals surface area contributed by atoms with Crippen molar-refractivity contribution in [3.63, 3.8) is 0 Å². The van der Waals surface area contributed by atoms with Gasteiger partial charge in [0.2, 0.25) is 0 Å². The molecule has 2 rings (SSSR count). The lowest BCUT2D eigenvalue weighted by Crippen LogP contribution is -2.08. The van der Waals surface area contributed by atoms with E-state index in [-0.39, 0.29) is 0 Å². The summed E-state index contributed by atoms with van der Waals surface area (Å²) in [6.45, 7) is 0.338. The molecule has 90 valence electrons. The Morgan fingerprint density at radius 3 is 2.88 bits per heavy atom. The third kappa shape index (κ3) is 2.59. The van der Waals surface area contributed by atoms with Gasteiger partial charge in [-0.05, 0) is 6.07 Å². The minimum absolute atomic E-state index is 0.338. The maximum absolute atomic E-state index is 5.14. The first-order valence-electron chi connectivity index (χ1n) is 5.15. The second kappa shape index (κ2) is 4.92. The molecule has 0 bridgehead atoms. The van der Waals surface area contributed by atoms with Gasteiger partial charge < -0.3 is 14.2 Å². The monoisotopic (exact) mass is 234 g/mol. The van der Waals surface area contributed by atoms with Gasteiger partial charge in [0.25, 0.3) is 5.89 Å². The molecule has 0 unspecified atom stereocenters. The molecule has 0 aliphatic rings. The summed E-state index contributed by atoms with van der Waals surface area (Å²) in [4.78, 5) is 10.3. The van der Waals surface area contributed by atoms with E-state index in [9.17, 15) is 0 Å². The van der Waals surface area contributed by atoms with E-state index in [2.05, 4.69) is 15.1 Å². The SMILES string of the molecule is COCc1noc(-c2cncc(N(C)C)c2)n1. The fourth-order valence-corrected chi connectivity index (χ4v) is 1.35. The number of hydrogen-bond acceptors (Lipinski definition) is 6. The molecule has 0 saturated carbocycles. The summed E-state index contributed by atoms with van der Waals surface area (Å²) in [5, 5.41) is 3.80. The molecule has 0 saturated heterocycles. The molecule has 0 amide bonds. The highest BCUT2D eigenvalue weighted by atomic mass is 16.5. The van der Waals surface area contributed by atoms with Crippen LogP contribution in [0.5, 0.6) is 0 Å². The van der Waals surface area contributed by atoms with Gasteiger partial charge in [0.1, 0.15) is 6.61 Å². The molecule has 17 heavy (non-hydrogen) atoms. The van der Waals surface area contributed by atoms with Crippen LogP contribution >= 0.6 is 0 Å². The molecule has 0 fully saturated rings. The van der Waals surface area contributed by atoms with E-state index in [1.54, 1.807) is 19.5 Å². The second-order valence-electron chi connectivity index (χ2n) is 3.78. The molecule has 0 N–H and O–H groups in total. The van der Waals surface area contributed by atoms with Crippen molar-refractivity contribution < 1.29 is 9.26 Å². The molecule has 0 aliphatic heterocycles. The van der Waals surface area contributed by atoms with Crippen molar-refractivity contribution in [2.45, 2.75) is 6.61 Å². The first-order chi connectivity index (χ1) is 8.20. The normalized spacial score (nSPS) is 10.5. The van der Waals surface area contributed by atoms with Crippen molar-refractivity contribution in [1.82, 2.24) is 15.1 Å². The molecule has 6 heteroatoms. The number of ether oxygens (including phenoxy) is 1. The number of aromatic nitrogens is 3. The smallest absolute Gasteiger partial charge is 0.259 e. The quantitative estimate of drug-likeness (QED) is 0.795. The lowest BCUT2D eigenvalue weighted by molar-refractivity contribution is 0.174. The van der Waals surface area contributed by atoms with Gasteiger partial charge in [0.05, 0.1) is 17.4 Å². The van der Waals surface area contributed by atoms with Gasteiger partial charge in [-0.25, -0.2) is 0 Å². The van der Waals surface area contributed by atoms with Gasteiger partial charge in [-0.2, -0.15) is 4.98 Å². The van der Waals surface area contributed by atoms with E-state index in [1.165, 1.54) is 0 Å². The number of nitrogens with zero attached hydrogens (tertiary/aromatic N) is 4. The van der Waals surface area contributed by atoms with Crippen LogP contribution in [0.15, 0.2) is 23.0 Å². The molecule has 2 aromatic rings. The number of rotatable bonds is 4. The molecular formula is C11H14N4O2. The Bertz CT molecular complexity index is 496. The van der Waals surface area contributed by atoms with Crippen LogP contribution in [0.3, 0.4) is 0 Å². The van der Waals surface area contributed by atoms with E-state index >= 15 is 0 Å². The van der Waals surface area contributed by atoms with Crippen LogP contribution < -0.4 is 4.90 Å². The zero-order chi connectivity index (χ0) is 12.3. The summed E-state index contributed by atoms with van der Waals surface area (Å²) in [6, 6.07) is 1.94. The predicted molar refractivity (Wildman–Crippen MR) is 62.6 cm³/mol. The van der Waals surface area contributed by atoms with E-state index in [0.29, 0.717) is 18.3 Å². The van der Waals surface area contributed by atoms with Crippen molar-refractivity contribution in [2.24, 2.45) is 0 Å². The van der Waals surface area contributed by atoms with Gasteiger partial charge in [-0.3, -0.25) is 4.98 Å². The molecule has 0 aliphatic carbocycles. The highest BCUT2D eigenvalue weighted by Crippen LogP contribution is 2.20. The molecule has 0 spiro atoms. The lowest BCUT2D eigenvalue weighted by atomic mass is 10.2. The third-order valence-electron chi connectivity index (χ3n) is 2.23. The summed E-state index contributed by atoms with van der Waals surface area (Å²) < 4.78 is 10.1. The maximum Gasteiger partial charge on any atom is 0.259 e. The Hall–Kier alpha value is -1.95. The summed E-state index contributed by atoms with van der Waals surface area (Å²) in [6.07, 6.45) is 3.47. The summed E-state index contributed by atoms with van der Waals surface area (Å²) in [5.74, 6) is 0.978. The molecule has 0 aromatic carbocycles.